The lowest BCUT2D eigenvalue weighted by Crippen LogP contribution is -2.43. The molecule has 3 N–H and O–H groups in total. The summed E-state index contributed by atoms with van der Waals surface area (Å²) in [6.07, 6.45) is 0.380. The van der Waals surface area contributed by atoms with Gasteiger partial charge in [0.1, 0.15) is 5.56 Å². The number of halogens is 3. The molecule has 35 heavy (non-hydrogen) atoms. The summed E-state index contributed by atoms with van der Waals surface area (Å²) in [5.41, 5.74) is -2.30. The normalized spacial score (nSPS) is 16.5. The Morgan fingerprint density at radius 3 is 2.46 bits per heavy atom. The summed E-state index contributed by atoms with van der Waals surface area (Å²) >= 11 is 0. The minimum atomic E-state index is -4.68. The van der Waals surface area contributed by atoms with E-state index in [1.807, 2.05) is 0 Å². The largest absolute Gasteiger partial charge is 0.419 e. The van der Waals surface area contributed by atoms with Gasteiger partial charge < -0.3 is 15.5 Å². The number of aliphatic hydroxyl groups is 2. The summed E-state index contributed by atoms with van der Waals surface area (Å²) < 4.78 is 68.5. The SMILES string of the molecule is CC(C)(O)Cn1cc(-c2nc(NC3CCN(S(=O)(=O)CCCCO)CC3)ncc2C(F)(F)F)cn1. The van der Waals surface area contributed by atoms with Gasteiger partial charge in [0, 0.05) is 43.7 Å². The van der Waals surface area contributed by atoms with Gasteiger partial charge in [0.15, 0.2) is 0 Å². The number of rotatable bonds is 10. The van der Waals surface area contributed by atoms with E-state index in [9.17, 15) is 26.7 Å². The van der Waals surface area contributed by atoms with E-state index in [2.05, 4.69) is 20.4 Å². The smallest absolute Gasteiger partial charge is 0.396 e. The van der Waals surface area contributed by atoms with Crippen LogP contribution in [0.1, 0.15) is 45.1 Å². The average Bonchev–Trinajstić information content (AvgIpc) is 3.20. The third-order valence-electron chi connectivity index (χ3n) is 5.54. The Balaban J connectivity index is 1.73. The summed E-state index contributed by atoms with van der Waals surface area (Å²) in [5, 5.41) is 25.9. The van der Waals surface area contributed by atoms with E-state index in [-0.39, 0.29) is 55.2 Å². The number of aromatic nitrogens is 4. The van der Waals surface area contributed by atoms with Gasteiger partial charge in [-0.3, -0.25) is 4.68 Å². The van der Waals surface area contributed by atoms with Crippen molar-refractivity contribution in [3.8, 4) is 11.3 Å². The van der Waals surface area contributed by atoms with Crippen molar-refractivity contribution in [1.82, 2.24) is 24.1 Å². The Kier molecular flexibility index (Phi) is 8.40. The number of anilines is 1. The highest BCUT2D eigenvalue weighted by Gasteiger charge is 2.36. The van der Waals surface area contributed by atoms with E-state index in [0.717, 1.165) is 6.20 Å². The first-order chi connectivity index (χ1) is 16.3. The van der Waals surface area contributed by atoms with Crippen molar-refractivity contribution in [3.63, 3.8) is 0 Å². The van der Waals surface area contributed by atoms with Gasteiger partial charge in [0.05, 0.1) is 29.8 Å². The lowest BCUT2D eigenvalue weighted by molar-refractivity contribution is -0.137. The van der Waals surface area contributed by atoms with E-state index in [1.54, 1.807) is 13.8 Å². The molecule has 196 valence electrons. The molecule has 0 radical (unpaired) electrons. The highest BCUT2D eigenvalue weighted by molar-refractivity contribution is 7.89. The average molecular weight is 521 g/mol. The Morgan fingerprint density at radius 2 is 1.86 bits per heavy atom. The summed E-state index contributed by atoms with van der Waals surface area (Å²) in [4.78, 5) is 7.96. The second-order valence-electron chi connectivity index (χ2n) is 9.26. The molecule has 1 aliphatic rings. The Labute approximate surface area is 202 Å². The van der Waals surface area contributed by atoms with E-state index >= 15 is 0 Å². The molecule has 1 fully saturated rings. The van der Waals surface area contributed by atoms with Crippen LogP contribution in [0.15, 0.2) is 18.6 Å². The van der Waals surface area contributed by atoms with Crippen LogP contribution < -0.4 is 5.32 Å². The Bertz CT molecular complexity index is 1090. The van der Waals surface area contributed by atoms with Gasteiger partial charge in [0.25, 0.3) is 0 Å². The summed E-state index contributed by atoms with van der Waals surface area (Å²) in [5.74, 6) is -0.0227. The standard InChI is InChI=1S/C21H31F3N6O4S/c1-20(2,32)14-29-13-15(11-26-29)18-17(21(22,23)24)12-25-19(28-18)27-16-5-7-30(8-6-16)35(33,34)10-4-3-9-31/h11-13,16,31-32H,3-10,14H2,1-2H3,(H,25,27,28). The molecule has 0 bridgehead atoms. The minimum Gasteiger partial charge on any atom is -0.396 e. The zero-order chi connectivity index (χ0) is 25.9. The molecule has 0 amide bonds. The molecule has 3 heterocycles. The molecule has 2 aromatic rings. The summed E-state index contributed by atoms with van der Waals surface area (Å²) in [7, 11) is -3.42. The molecular weight excluding hydrogens is 489 g/mol. The van der Waals surface area contributed by atoms with Crippen LogP contribution in [0.2, 0.25) is 0 Å². The van der Waals surface area contributed by atoms with Gasteiger partial charge >= 0.3 is 6.18 Å². The van der Waals surface area contributed by atoms with Crippen LogP contribution in [0.5, 0.6) is 0 Å². The monoisotopic (exact) mass is 520 g/mol. The molecule has 10 nitrogen and oxygen atoms in total. The van der Waals surface area contributed by atoms with Gasteiger partial charge in [-0.25, -0.2) is 22.7 Å². The van der Waals surface area contributed by atoms with Crippen LogP contribution >= 0.6 is 0 Å². The van der Waals surface area contributed by atoms with Crippen molar-refractivity contribution in [3.05, 3.63) is 24.2 Å². The van der Waals surface area contributed by atoms with Crippen molar-refractivity contribution in [1.29, 1.82) is 0 Å². The molecule has 0 spiro atoms. The number of sulfonamides is 1. The number of alkyl halides is 3. The molecule has 0 aliphatic carbocycles. The van der Waals surface area contributed by atoms with Crippen LogP contribution in [0.4, 0.5) is 19.1 Å². The van der Waals surface area contributed by atoms with Crippen LogP contribution in [-0.4, -0.2) is 79.8 Å². The van der Waals surface area contributed by atoms with Crippen LogP contribution in [0.25, 0.3) is 11.3 Å². The number of hydrogen-bond acceptors (Lipinski definition) is 8. The molecule has 0 aromatic carbocycles. The number of unbranched alkanes of at least 4 members (excludes halogenated alkanes) is 1. The Morgan fingerprint density at radius 1 is 1.17 bits per heavy atom. The molecule has 0 saturated carbocycles. The predicted octanol–water partition coefficient (Wildman–Crippen LogP) is 2.11. The first-order valence-corrected chi connectivity index (χ1v) is 12.9. The van der Waals surface area contributed by atoms with Crippen LogP contribution in [-0.2, 0) is 22.7 Å². The quantitative estimate of drug-likeness (QED) is 0.406. The number of nitrogens with zero attached hydrogens (tertiary/aromatic N) is 5. The molecule has 1 saturated heterocycles. The fourth-order valence-electron chi connectivity index (χ4n) is 3.83. The van der Waals surface area contributed by atoms with Crippen molar-refractivity contribution >= 4 is 16.0 Å². The summed E-state index contributed by atoms with van der Waals surface area (Å²) in [6.45, 7) is 3.71. The number of nitrogens with one attached hydrogen (secondary N) is 1. The van der Waals surface area contributed by atoms with Gasteiger partial charge in [0.2, 0.25) is 16.0 Å². The molecule has 1 aliphatic heterocycles. The third-order valence-corrected chi connectivity index (χ3v) is 7.50. The van der Waals surface area contributed by atoms with Crippen molar-refractivity contribution in [2.24, 2.45) is 0 Å². The molecule has 0 atom stereocenters. The Hall–Kier alpha value is -2.29. The maximum Gasteiger partial charge on any atom is 0.419 e. The molecule has 0 unspecified atom stereocenters. The fourth-order valence-corrected chi connectivity index (χ4v) is 5.43. The molecule has 3 rings (SSSR count). The highest BCUT2D eigenvalue weighted by atomic mass is 32.2. The number of piperidine rings is 1. The van der Waals surface area contributed by atoms with Gasteiger partial charge in [-0.2, -0.15) is 18.3 Å². The maximum absolute atomic E-state index is 13.6. The van der Waals surface area contributed by atoms with Gasteiger partial charge in [-0.05, 0) is 39.5 Å². The van der Waals surface area contributed by atoms with Gasteiger partial charge in [-0.1, -0.05) is 0 Å². The third kappa shape index (κ3) is 7.59. The first kappa shape index (κ1) is 27.3. The number of aliphatic hydroxyl groups excluding tert-OH is 1. The molecule has 14 heteroatoms. The zero-order valence-electron chi connectivity index (χ0n) is 19.7. The summed E-state index contributed by atoms with van der Waals surface area (Å²) in [6, 6.07) is -0.207. The fraction of sp³-hybridized carbons (Fsp3) is 0.667. The first-order valence-electron chi connectivity index (χ1n) is 11.3. The van der Waals surface area contributed by atoms with Gasteiger partial charge in [-0.15, -0.1) is 0 Å². The second-order valence-corrected chi connectivity index (χ2v) is 11.3. The second kappa shape index (κ2) is 10.8. The van der Waals surface area contributed by atoms with E-state index in [1.165, 1.54) is 21.4 Å². The lowest BCUT2D eigenvalue weighted by atomic mass is 10.1. The number of hydrogen-bond donors (Lipinski definition) is 3. The predicted molar refractivity (Wildman–Crippen MR) is 123 cm³/mol. The van der Waals surface area contributed by atoms with Crippen LogP contribution in [0.3, 0.4) is 0 Å². The molecule has 2 aromatic heterocycles. The van der Waals surface area contributed by atoms with Crippen LogP contribution in [0, 0.1) is 0 Å². The van der Waals surface area contributed by atoms with Crippen molar-refractivity contribution in [2.75, 3.05) is 30.8 Å². The van der Waals surface area contributed by atoms with Crippen molar-refractivity contribution < 1.29 is 31.8 Å². The highest BCUT2D eigenvalue weighted by Crippen LogP contribution is 2.36. The van der Waals surface area contributed by atoms with E-state index in [0.29, 0.717) is 25.7 Å². The maximum atomic E-state index is 13.6. The zero-order valence-corrected chi connectivity index (χ0v) is 20.5. The van der Waals surface area contributed by atoms with E-state index in [4.69, 9.17) is 5.11 Å². The van der Waals surface area contributed by atoms with Crippen molar-refractivity contribution in [2.45, 2.75) is 63.9 Å². The molecular formula is C21H31F3N6O4S. The minimum absolute atomic E-state index is 0.00694. The topological polar surface area (TPSA) is 133 Å². The lowest BCUT2D eigenvalue weighted by Gasteiger charge is -2.31. The van der Waals surface area contributed by atoms with E-state index < -0.39 is 27.4 Å².